The van der Waals surface area contributed by atoms with E-state index in [0.717, 1.165) is 17.7 Å². The zero-order chi connectivity index (χ0) is 12.7. The summed E-state index contributed by atoms with van der Waals surface area (Å²) in [5, 5.41) is 21.3. The van der Waals surface area contributed by atoms with Gasteiger partial charge >= 0.3 is 0 Å². The summed E-state index contributed by atoms with van der Waals surface area (Å²) >= 11 is 0. The molecule has 0 saturated heterocycles. The molecule has 0 heterocycles. The molecule has 0 spiro atoms. The summed E-state index contributed by atoms with van der Waals surface area (Å²) in [6.45, 7) is 1.93. The smallest absolute Gasteiger partial charge is 0.118 e. The Labute approximate surface area is 102 Å². The van der Waals surface area contributed by atoms with E-state index in [4.69, 9.17) is 14.9 Å². The lowest BCUT2D eigenvalue weighted by Gasteiger charge is -2.22. The molecule has 96 valence electrons. The molecule has 0 aliphatic rings. The van der Waals surface area contributed by atoms with Gasteiger partial charge in [0.15, 0.2) is 0 Å². The minimum Gasteiger partial charge on any atom is -0.497 e. The van der Waals surface area contributed by atoms with Gasteiger partial charge in [-0.3, -0.25) is 0 Å². The summed E-state index contributed by atoms with van der Waals surface area (Å²) in [4.78, 5) is 0. The van der Waals surface area contributed by atoms with Crippen molar-refractivity contribution in [3.63, 3.8) is 0 Å². The second kappa shape index (κ2) is 7.27. The van der Waals surface area contributed by atoms with E-state index in [9.17, 15) is 0 Å². The SMILES string of the molecule is CCC(NC(CO)CO)c1ccc(OC)cc1. The fourth-order valence-corrected chi connectivity index (χ4v) is 1.73. The Bertz CT molecular complexity index is 309. The van der Waals surface area contributed by atoms with Crippen LogP contribution >= 0.6 is 0 Å². The van der Waals surface area contributed by atoms with Gasteiger partial charge < -0.3 is 20.3 Å². The van der Waals surface area contributed by atoms with E-state index in [1.807, 2.05) is 24.3 Å². The summed E-state index contributed by atoms with van der Waals surface area (Å²) in [5.41, 5.74) is 1.13. The van der Waals surface area contributed by atoms with Gasteiger partial charge in [0.1, 0.15) is 5.75 Å². The van der Waals surface area contributed by atoms with Crippen molar-refractivity contribution in [1.82, 2.24) is 5.32 Å². The molecule has 17 heavy (non-hydrogen) atoms. The van der Waals surface area contributed by atoms with Gasteiger partial charge in [0.05, 0.1) is 26.4 Å². The normalized spacial score (nSPS) is 12.8. The van der Waals surface area contributed by atoms with Crippen molar-refractivity contribution >= 4 is 0 Å². The second-order valence-corrected chi connectivity index (χ2v) is 3.96. The highest BCUT2D eigenvalue weighted by Gasteiger charge is 2.14. The van der Waals surface area contributed by atoms with Gasteiger partial charge in [-0.05, 0) is 24.1 Å². The van der Waals surface area contributed by atoms with E-state index in [0.29, 0.717) is 0 Å². The summed E-state index contributed by atoms with van der Waals surface area (Å²) in [6, 6.07) is 7.66. The van der Waals surface area contributed by atoms with Crippen LogP contribution in [-0.4, -0.2) is 36.6 Å². The molecular weight excluding hydrogens is 218 g/mol. The first kappa shape index (κ1) is 14.0. The van der Waals surface area contributed by atoms with Crippen molar-refractivity contribution < 1.29 is 14.9 Å². The van der Waals surface area contributed by atoms with Crippen molar-refractivity contribution in [2.24, 2.45) is 0 Å². The van der Waals surface area contributed by atoms with E-state index in [1.54, 1.807) is 7.11 Å². The van der Waals surface area contributed by atoms with Crippen molar-refractivity contribution in [2.75, 3.05) is 20.3 Å². The highest BCUT2D eigenvalue weighted by atomic mass is 16.5. The number of aliphatic hydroxyl groups is 2. The number of nitrogens with one attached hydrogen (secondary N) is 1. The summed E-state index contributed by atoms with van der Waals surface area (Å²) in [7, 11) is 1.64. The Morgan fingerprint density at radius 3 is 2.18 bits per heavy atom. The summed E-state index contributed by atoms with van der Waals surface area (Å²) in [6.07, 6.45) is 0.892. The predicted molar refractivity (Wildman–Crippen MR) is 67.1 cm³/mol. The van der Waals surface area contributed by atoms with Gasteiger partial charge in [0, 0.05) is 6.04 Å². The Hall–Kier alpha value is -1.10. The first-order chi connectivity index (χ1) is 8.24. The minimum atomic E-state index is -0.276. The van der Waals surface area contributed by atoms with Crippen molar-refractivity contribution in [3.8, 4) is 5.75 Å². The molecule has 1 rings (SSSR count). The van der Waals surface area contributed by atoms with Crippen molar-refractivity contribution in [1.29, 1.82) is 0 Å². The quantitative estimate of drug-likeness (QED) is 0.666. The van der Waals surface area contributed by atoms with Crippen LogP contribution in [0, 0.1) is 0 Å². The van der Waals surface area contributed by atoms with Crippen molar-refractivity contribution in [2.45, 2.75) is 25.4 Å². The molecule has 1 unspecified atom stereocenters. The fourth-order valence-electron chi connectivity index (χ4n) is 1.73. The molecule has 0 aliphatic heterocycles. The molecule has 1 atom stereocenters. The molecule has 0 amide bonds. The first-order valence-electron chi connectivity index (χ1n) is 5.86. The van der Waals surface area contributed by atoms with Gasteiger partial charge in [0.25, 0.3) is 0 Å². The predicted octanol–water partition coefficient (Wildman–Crippen LogP) is 1.09. The number of methoxy groups -OCH3 is 1. The van der Waals surface area contributed by atoms with Crippen LogP contribution in [0.2, 0.25) is 0 Å². The largest absolute Gasteiger partial charge is 0.497 e. The number of rotatable bonds is 7. The van der Waals surface area contributed by atoms with Crippen LogP contribution in [-0.2, 0) is 0 Å². The Balaban J connectivity index is 2.71. The van der Waals surface area contributed by atoms with Gasteiger partial charge in [0.2, 0.25) is 0 Å². The number of benzene rings is 1. The number of ether oxygens (including phenoxy) is 1. The molecule has 0 aliphatic carbocycles. The van der Waals surface area contributed by atoms with E-state index in [1.165, 1.54) is 0 Å². The van der Waals surface area contributed by atoms with Gasteiger partial charge in [-0.1, -0.05) is 19.1 Å². The first-order valence-corrected chi connectivity index (χ1v) is 5.86. The highest BCUT2D eigenvalue weighted by molar-refractivity contribution is 5.29. The van der Waals surface area contributed by atoms with E-state index in [2.05, 4.69) is 12.2 Å². The van der Waals surface area contributed by atoms with Crippen LogP contribution in [0.3, 0.4) is 0 Å². The topological polar surface area (TPSA) is 61.7 Å². The highest BCUT2D eigenvalue weighted by Crippen LogP contribution is 2.20. The molecule has 0 radical (unpaired) electrons. The third-order valence-electron chi connectivity index (χ3n) is 2.80. The number of hydrogen-bond donors (Lipinski definition) is 3. The van der Waals surface area contributed by atoms with Crippen LogP contribution in [0.1, 0.15) is 24.9 Å². The maximum atomic E-state index is 9.06. The Morgan fingerprint density at radius 1 is 1.18 bits per heavy atom. The molecule has 1 aromatic carbocycles. The lowest BCUT2D eigenvalue weighted by molar-refractivity contribution is 0.161. The maximum absolute atomic E-state index is 9.06. The number of hydrogen-bond acceptors (Lipinski definition) is 4. The minimum absolute atomic E-state index is 0.0663. The van der Waals surface area contributed by atoms with Crippen LogP contribution in [0.25, 0.3) is 0 Å². The third kappa shape index (κ3) is 4.00. The van der Waals surface area contributed by atoms with Gasteiger partial charge in [-0.2, -0.15) is 0 Å². The monoisotopic (exact) mass is 239 g/mol. The standard InChI is InChI=1S/C13H21NO3/c1-3-13(14-11(8-15)9-16)10-4-6-12(17-2)7-5-10/h4-7,11,13-16H,3,8-9H2,1-2H3. The van der Waals surface area contributed by atoms with Gasteiger partial charge in [-0.15, -0.1) is 0 Å². The Kier molecular flexibility index (Phi) is 5.97. The van der Waals surface area contributed by atoms with Crippen LogP contribution < -0.4 is 10.1 Å². The van der Waals surface area contributed by atoms with Crippen molar-refractivity contribution in [3.05, 3.63) is 29.8 Å². The second-order valence-electron chi connectivity index (χ2n) is 3.96. The van der Waals surface area contributed by atoms with E-state index >= 15 is 0 Å². The summed E-state index contributed by atoms with van der Waals surface area (Å²) in [5.74, 6) is 0.824. The number of aliphatic hydroxyl groups excluding tert-OH is 2. The molecular formula is C13H21NO3. The average Bonchev–Trinajstić information content (AvgIpc) is 2.40. The van der Waals surface area contributed by atoms with Crippen LogP contribution in [0.15, 0.2) is 24.3 Å². The lowest BCUT2D eigenvalue weighted by atomic mass is 10.0. The fraction of sp³-hybridized carbons (Fsp3) is 0.538. The van der Waals surface area contributed by atoms with Crippen LogP contribution in [0.5, 0.6) is 5.75 Å². The average molecular weight is 239 g/mol. The molecule has 0 aromatic heterocycles. The molecule has 0 fully saturated rings. The molecule has 1 aromatic rings. The molecule has 4 heteroatoms. The molecule has 4 nitrogen and oxygen atoms in total. The zero-order valence-corrected chi connectivity index (χ0v) is 10.4. The molecule has 0 bridgehead atoms. The maximum Gasteiger partial charge on any atom is 0.118 e. The van der Waals surface area contributed by atoms with Crippen LogP contribution in [0.4, 0.5) is 0 Å². The Morgan fingerprint density at radius 2 is 1.76 bits per heavy atom. The van der Waals surface area contributed by atoms with Gasteiger partial charge in [-0.25, -0.2) is 0 Å². The summed E-state index contributed by atoms with van der Waals surface area (Å²) < 4.78 is 5.11. The van der Waals surface area contributed by atoms with E-state index in [-0.39, 0.29) is 25.3 Å². The van der Waals surface area contributed by atoms with E-state index < -0.39 is 0 Å². The molecule has 3 N–H and O–H groups in total. The zero-order valence-electron chi connectivity index (χ0n) is 10.4. The lowest BCUT2D eigenvalue weighted by Crippen LogP contribution is -2.38. The third-order valence-corrected chi connectivity index (χ3v) is 2.80. The molecule has 0 saturated carbocycles.